The van der Waals surface area contributed by atoms with Crippen LogP contribution in [-0.2, 0) is 11.8 Å². The van der Waals surface area contributed by atoms with Gasteiger partial charge in [-0.05, 0) is 45.2 Å². The first kappa shape index (κ1) is 16.5. The van der Waals surface area contributed by atoms with Crippen LogP contribution in [0.15, 0.2) is 12.4 Å². The van der Waals surface area contributed by atoms with Crippen molar-refractivity contribution in [2.75, 3.05) is 13.1 Å². The Bertz CT molecular complexity index is 527. The van der Waals surface area contributed by atoms with E-state index >= 15 is 0 Å². The van der Waals surface area contributed by atoms with Crippen molar-refractivity contribution in [2.24, 2.45) is 7.05 Å². The number of nitrogens with zero attached hydrogens (tertiary/aromatic N) is 3. The fourth-order valence-corrected chi connectivity index (χ4v) is 4.35. The molecule has 5 nitrogen and oxygen atoms in total. The SMILES string of the molecule is CCC[C@@H](NC(=O)C1(N2CCCC2)CCCC1)c1nccn1C. The highest BCUT2D eigenvalue weighted by Gasteiger charge is 2.47. The summed E-state index contributed by atoms with van der Waals surface area (Å²) >= 11 is 0. The third-order valence-electron chi connectivity index (χ3n) is 5.62. The minimum atomic E-state index is -0.256. The molecule has 1 aliphatic carbocycles. The summed E-state index contributed by atoms with van der Waals surface area (Å²) in [4.78, 5) is 20.2. The molecule has 2 fully saturated rings. The molecule has 1 aliphatic heterocycles. The van der Waals surface area contributed by atoms with Crippen LogP contribution in [0.2, 0.25) is 0 Å². The van der Waals surface area contributed by atoms with Gasteiger partial charge in [0.05, 0.1) is 6.04 Å². The van der Waals surface area contributed by atoms with Crippen molar-refractivity contribution >= 4 is 5.91 Å². The minimum absolute atomic E-state index is 0.0209. The van der Waals surface area contributed by atoms with Gasteiger partial charge in [-0.25, -0.2) is 4.98 Å². The molecular weight excluding hydrogens is 288 g/mol. The zero-order valence-electron chi connectivity index (χ0n) is 14.6. The van der Waals surface area contributed by atoms with Gasteiger partial charge in [-0.15, -0.1) is 0 Å². The van der Waals surface area contributed by atoms with E-state index in [4.69, 9.17) is 0 Å². The number of hydrogen-bond acceptors (Lipinski definition) is 3. The normalized spacial score (nSPS) is 22.3. The van der Waals surface area contributed by atoms with E-state index in [-0.39, 0.29) is 17.5 Å². The quantitative estimate of drug-likeness (QED) is 0.877. The number of carbonyl (C=O) groups excluding carboxylic acids is 1. The van der Waals surface area contributed by atoms with Crippen LogP contribution in [-0.4, -0.2) is 39.0 Å². The Morgan fingerprint density at radius 1 is 1.30 bits per heavy atom. The van der Waals surface area contributed by atoms with Crippen molar-refractivity contribution in [1.82, 2.24) is 19.8 Å². The molecule has 1 aromatic rings. The molecule has 5 heteroatoms. The average Bonchev–Trinajstić information content (AvgIpc) is 3.28. The Labute approximate surface area is 139 Å². The third-order valence-corrected chi connectivity index (χ3v) is 5.62. The van der Waals surface area contributed by atoms with Gasteiger partial charge in [0, 0.05) is 19.4 Å². The second kappa shape index (κ2) is 7.04. The highest BCUT2D eigenvalue weighted by Crippen LogP contribution is 2.38. The largest absolute Gasteiger partial charge is 0.345 e. The Morgan fingerprint density at radius 2 is 2.00 bits per heavy atom. The van der Waals surface area contributed by atoms with E-state index in [1.54, 1.807) is 0 Å². The molecule has 1 saturated carbocycles. The molecule has 0 bridgehead atoms. The van der Waals surface area contributed by atoms with Crippen molar-refractivity contribution in [1.29, 1.82) is 0 Å². The molecule has 0 unspecified atom stereocenters. The summed E-state index contributed by atoms with van der Waals surface area (Å²) in [7, 11) is 2.00. The predicted octanol–water partition coefficient (Wildman–Crippen LogP) is 2.79. The van der Waals surface area contributed by atoms with Gasteiger partial charge < -0.3 is 9.88 Å². The topological polar surface area (TPSA) is 50.2 Å². The lowest BCUT2D eigenvalue weighted by Gasteiger charge is -2.38. The highest BCUT2D eigenvalue weighted by molar-refractivity contribution is 5.87. The summed E-state index contributed by atoms with van der Waals surface area (Å²) in [6.45, 7) is 4.32. The van der Waals surface area contributed by atoms with Crippen LogP contribution in [0.5, 0.6) is 0 Å². The number of amides is 1. The van der Waals surface area contributed by atoms with E-state index in [0.29, 0.717) is 0 Å². The van der Waals surface area contributed by atoms with Crippen LogP contribution in [0.3, 0.4) is 0 Å². The monoisotopic (exact) mass is 318 g/mol. The summed E-state index contributed by atoms with van der Waals surface area (Å²) in [6.07, 6.45) is 12.6. The molecule has 1 aromatic heterocycles. The molecule has 128 valence electrons. The highest BCUT2D eigenvalue weighted by atomic mass is 16.2. The summed E-state index contributed by atoms with van der Waals surface area (Å²) in [6, 6.07) is 0.0209. The fourth-order valence-electron chi connectivity index (χ4n) is 4.35. The Hall–Kier alpha value is -1.36. The van der Waals surface area contributed by atoms with Gasteiger partial charge in [-0.2, -0.15) is 0 Å². The molecule has 1 atom stereocenters. The first-order chi connectivity index (χ1) is 11.2. The van der Waals surface area contributed by atoms with E-state index in [1.165, 1.54) is 25.7 Å². The van der Waals surface area contributed by atoms with Gasteiger partial charge in [-0.3, -0.25) is 9.69 Å². The number of imidazole rings is 1. The van der Waals surface area contributed by atoms with Gasteiger partial charge in [0.25, 0.3) is 0 Å². The van der Waals surface area contributed by atoms with Crippen LogP contribution in [0.4, 0.5) is 0 Å². The van der Waals surface area contributed by atoms with Gasteiger partial charge in [0.2, 0.25) is 5.91 Å². The Balaban J connectivity index is 1.78. The minimum Gasteiger partial charge on any atom is -0.345 e. The van der Waals surface area contributed by atoms with Crippen molar-refractivity contribution in [3.63, 3.8) is 0 Å². The van der Waals surface area contributed by atoms with Gasteiger partial charge >= 0.3 is 0 Å². The molecule has 23 heavy (non-hydrogen) atoms. The maximum Gasteiger partial charge on any atom is 0.241 e. The first-order valence-corrected chi connectivity index (χ1v) is 9.20. The fraction of sp³-hybridized carbons (Fsp3) is 0.778. The zero-order chi connectivity index (χ0) is 16.3. The van der Waals surface area contributed by atoms with E-state index in [2.05, 4.69) is 22.1 Å². The predicted molar refractivity (Wildman–Crippen MR) is 91.0 cm³/mol. The van der Waals surface area contributed by atoms with Crippen LogP contribution in [0.1, 0.15) is 70.2 Å². The standard InChI is InChI=1S/C18H30N4O/c1-3-8-15(16-19-11-14-21(16)2)20-17(23)18(9-4-5-10-18)22-12-6-7-13-22/h11,14-15H,3-10,12-13H2,1-2H3,(H,20,23)/t15-/m1/s1. The number of aromatic nitrogens is 2. The number of rotatable bonds is 6. The van der Waals surface area contributed by atoms with Gasteiger partial charge in [-0.1, -0.05) is 26.2 Å². The summed E-state index contributed by atoms with van der Waals surface area (Å²) < 4.78 is 2.03. The van der Waals surface area contributed by atoms with Crippen LogP contribution in [0, 0.1) is 0 Å². The van der Waals surface area contributed by atoms with E-state index in [1.807, 2.05) is 24.0 Å². The van der Waals surface area contributed by atoms with Gasteiger partial charge in [0.1, 0.15) is 11.4 Å². The van der Waals surface area contributed by atoms with E-state index < -0.39 is 0 Å². The average molecular weight is 318 g/mol. The molecule has 1 saturated heterocycles. The van der Waals surface area contributed by atoms with Crippen LogP contribution in [0.25, 0.3) is 0 Å². The zero-order valence-corrected chi connectivity index (χ0v) is 14.6. The van der Waals surface area contributed by atoms with Crippen molar-refractivity contribution in [3.8, 4) is 0 Å². The van der Waals surface area contributed by atoms with Crippen LogP contribution < -0.4 is 5.32 Å². The van der Waals surface area contributed by atoms with E-state index in [0.717, 1.165) is 44.6 Å². The molecule has 2 heterocycles. The Kier molecular flexibility index (Phi) is 5.05. The summed E-state index contributed by atoms with van der Waals surface area (Å²) in [5.74, 6) is 1.20. The molecule has 0 aromatic carbocycles. The molecule has 1 amide bonds. The lowest BCUT2D eigenvalue weighted by molar-refractivity contribution is -0.133. The van der Waals surface area contributed by atoms with Crippen LogP contribution >= 0.6 is 0 Å². The second-order valence-electron chi connectivity index (χ2n) is 7.14. The number of likely N-dealkylation sites (tertiary alicyclic amines) is 1. The van der Waals surface area contributed by atoms with E-state index in [9.17, 15) is 4.79 Å². The molecule has 0 radical (unpaired) electrons. The first-order valence-electron chi connectivity index (χ1n) is 9.20. The summed E-state index contributed by atoms with van der Waals surface area (Å²) in [5, 5.41) is 3.36. The molecule has 1 N–H and O–H groups in total. The number of hydrogen-bond donors (Lipinski definition) is 1. The molecule has 2 aliphatic rings. The number of nitrogens with one attached hydrogen (secondary N) is 1. The lowest BCUT2D eigenvalue weighted by Crippen LogP contribution is -2.57. The maximum absolute atomic E-state index is 13.3. The molecular formula is C18H30N4O. The van der Waals surface area contributed by atoms with Crippen molar-refractivity contribution in [2.45, 2.75) is 69.9 Å². The Morgan fingerprint density at radius 3 is 2.57 bits per heavy atom. The second-order valence-corrected chi connectivity index (χ2v) is 7.14. The van der Waals surface area contributed by atoms with Gasteiger partial charge in [0.15, 0.2) is 0 Å². The third kappa shape index (κ3) is 3.16. The number of aryl methyl sites for hydroxylation is 1. The summed E-state index contributed by atoms with van der Waals surface area (Å²) in [5.41, 5.74) is -0.256. The maximum atomic E-state index is 13.3. The number of carbonyl (C=O) groups is 1. The van der Waals surface area contributed by atoms with Crippen molar-refractivity contribution < 1.29 is 4.79 Å². The van der Waals surface area contributed by atoms with Crippen molar-refractivity contribution in [3.05, 3.63) is 18.2 Å². The lowest BCUT2D eigenvalue weighted by atomic mass is 9.93. The molecule has 3 rings (SSSR count). The smallest absolute Gasteiger partial charge is 0.241 e. The molecule has 0 spiro atoms.